The standard InChI is InChI=1S/C28H39N9O2/c1-19(2)23(18-38)35-11-9-34(10-12-35)17-24-30-25-26(33(24)4)31-28(32-27(25)36-13-15-39-16-14-36)37-20(3)29-21-7-5-6-8-22(21)37/h5-8,19,23,38H,9-18H2,1-4H3. The largest absolute Gasteiger partial charge is 0.395 e. The molecule has 2 aliphatic rings. The van der Waals surface area contributed by atoms with E-state index >= 15 is 0 Å². The molecule has 1 N–H and O–H groups in total. The number of para-hydroxylation sites is 2. The van der Waals surface area contributed by atoms with Crippen molar-refractivity contribution in [2.24, 2.45) is 13.0 Å². The molecule has 2 saturated heterocycles. The van der Waals surface area contributed by atoms with Crippen molar-refractivity contribution in [3.05, 3.63) is 35.9 Å². The zero-order valence-corrected chi connectivity index (χ0v) is 23.4. The maximum Gasteiger partial charge on any atom is 0.239 e. The zero-order chi connectivity index (χ0) is 27.1. The van der Waals surface area contributed by atoms with Gasteiger partial charge in [-0.25, -0.2) is 9.97 Å². The van der Waals surface area contributed by atoms with Crippen LogP contribution in [-0.2, 0) is 18.3 Å². The van der Waals surface area contributed by atoms with E-state index in [0.717, 1.165) is 85.5 Å². The van der Waals surface area contributed by atoms with Crippen LogP contribution in [0.25, 0.3) is 28.1 Å². The van der Waals surface area contributed by atoms with Gasteiger partial charge in [-0.05, 0) is 25.0 Å². The quantitative estimate of drug-likeness (QED) is 0.382. The molecule has 11 nitrogen and oxygen atoms in total. The lowest BCUT2D eigenvalue weighted by Crippen LogP contribution is -2.52. The Hall–Kier alpha value is -3.12. The molecule has 0 spiro atoms. The first-order valence-electron chi connectivity index (χ1n) is 14.0. The number of rotatable bonds is 7. The Bertz CT molecular complexity index is 1450. The smallest absolute Gasteiger partial charge is 0.239 e. The highest BCUT2D eigenvalue weighted by molar-refractivity contribution is 5.86. The summed E-state index contributed by atoms with van der Waals surface area (Å²) in [4.78, 5) is 27.2. The van der Waals surface area contributed by atoms with E-state index in [9.17, 15) is 5.11 Å². The lowest BCUT2D eigenvalue weighted by molar-refractivity contribution is 0.0411. The van der Waals surface area contributed by atoms with E-state index in [1.807, 2.05) is 29.7 Å². The normalized spacial score (nSPS) is 18.6. The summed E-state index contributed by atoms with van der Waals surface area (Å²) in [5.41, 5.74) is 3.58. The minimum absolute atomic E-state index is 0.208. The van der Waals surface area contributed by atoms with Gasteiger partial charge in [0.15, 0.2) is 17.0 Å². The Morgan fingerprint density at radius 3 is 2.41 bits per heavy atom. The summed E-state index contributed by atoms with van der Waals surface area (Å²) >= 11 is 0. The van der Waals surface area contributed by atoms with Gasteiger partial charge in [0.25, 0.3) is 0 Å². The molecular formula is C28H39N9O2. The summed E-state index contributed by atoms with van der Waals surface area (Å²) in [7, 11) is 2.06. The fraction of sp³-hybridized carbons (Fsp3) is 0.571. The van der Waals surface area contributed by atoms with Gasteiger partial charge in [-0.3, -0.25) is 14.4 Å². The molecule has 1 aromatic carbocycles. The topological polar surface area (TPSA) is 101 Å². The molecule has 0 aliphatic carbocycles. The summed E-state index contributed by atoms with van der Waals surface area (Å²) in [5, 5.41) is 9.87. The van der Waals surface area contributed by atoms with Crippen LogP contribution in [0.2, 0.25) is 0 Å². The van der Waals surface area contributed by atoms with Crippen LogP contribution in [0.5, 0.6) is 0 Å². The van der Waals surface area contributed by atoms with Crippen molar-refractivity contribution >= 4 is 28.0 Å². The molecule has 0 amide bonds. The molecule has 2 fully saturated rings. The van der Waals surface area contributed by atoms with Crippen molar-refractivity contribution in [1.82, 2.24) is 38.9 Å². The first-order chi connectivity index (χ1) is 18.9. The first kappa shape index (κ1) is 26.1. The maximum absolute atomic E-state index is 9.87. The van der Waals surface area contributed by atoms with Gasteiger partial charge in [-0.15, -0.1) is 0 Å². The van der Waals surface area contributed by atoms with Crippen molar-refractivity contribution in [2.75, 3.05) is 64.0 Å². The molecular weight excluding hydrogens is 494 g/mol. The van der Waals surface area contributed by atoms with Crippen molar-refractivity contribution < 1.29 is 9.84 Å². The Kier molecular flexibility index (Phi) is 7.23. The molecule has 0 bridgehead atoms. The highest BCUT2D eigenvalue weighted by Crippen LogP contribution is 2.28. The highest BCUT2D eigenvalue weighted by atomic mass is 16.5. The van der Waals surface area contributed by atoms with E-state index in [0.29, 0.717) is 25.1 Å². The van der Waals surface area contributed by atoms with Crippen LogP contribution in [0.15, 0.2) is 24.3 Å². The number of piperazine rings is 1. The lowest BCUT2D eigenvalue weighted by atomic mass is 10.0. The number of aliphatic hydroxyl groups is 1. The van der Waals surface area contributed by atoms with E-state index in [-0.39, 0.29) is 12.6 Å². The summed E-state index contributed by atoms with van der Waals surface area (Å²) in [5.74, 6) is 3.73. The molecule has 6 rings (SSSR count). The Morgan fingerprint density at radius 1 is 0.949 bits per heavy atom. The van der Waals surface area contributed by atoms with E-state index in [1.165, 1.54) is 0 Å². The third-order valence-electron chi connectivity index (χ3n) is 8.22. The maximum atomic E-state index is 9.87. The number of nitrogens with zero attached hydrogens (tertiary/aromatic N) is 9. The Balaban J connectivity index is 1.35. The van der Waals surface area contributed by atoms with Gasteiger partial charge in [-0.2, -0.15) is 9.97 Å². The van der Waals surface area contributed by atoms with Gasteiger partial charge in [0.2, 0.25) is 5.95 Å². The van der Waals surface area contributed by atoms with Crippen LogP contribution in [0, 0.1) is 12.8 Å². The molecule has 2 aliphatic heterocycles. The molecule has 39 heavy (non-hydrogen) atoms. The van der Waals surface area contributed by atoms with Gasteiger partial charge in [0.1, 0.15) is 11.6 Å². The Labute approximate surface area is 229 Å². The minimum atomic E-state index is 0.208. The number of imidazole rings is 2. The number of hydrogen-bond acceptors (Lipinski definition) is 9. The molecule has 11 heteroatoms. The summed E-state index contributed by atoms with van der Waals surface area (Å²) < 4.78 is 9.80. The van der Waals surface area contributed by atoms with E-state index in [1.54, 1.807) is 0 Å². The van der Waals surface area contributed by atoms with Crippen molar-refractivity contribution in [1.29, 1.82) is 0 Å². The molecule has 208 valence electrons. The number of hydrogen-bond donors (Lipinski definition) is 1. The van der Waals surface area contributed by atoms with Crippen molar-refractivity contribution in [3.63, 3.8) is 0 Å². The molecule has 1 atom stereocenters. The van der Waals surface area contributed by atoms with Crippen LogP contribution < -0.4 is 4.90 Å². The molecule has 5 heterocycles. The number of aryl methyl sites for hydroxylation is 2. The number of aromatic nitrogens is 6. The average molecular weight is 534 g/mol. The van der Waals surface area contributed by atoms with E-state index < -0.39 is 0 Å². The Morgan fingerprint density at radius 2 is 1.69 bits per heavy atom. The van der Waals surface area contributed by atoms with Gasteiger partial charge in [0.05, 0.1) is 37.4 Å². The van der Waals surface area contributed by atoms with E-state index in [4.69, 9.17) is 24.7 Å². The van der Waals surface area contributed by atoms with Crippen molar-refractivity contribution in [2.45, 2.75) is 33.4 Å². The lowest BCUT2D eigenvalue weighted by Gasteiger charge is -2.40. The second-order valence-corrected chi connectivity index (χ2v) is 11.0. The number of morpholine rings is 1. The predicted molar refractivity (Wildman–Crippen MR) is 151 cm³/mol. The number of aliphatic hydroxyl groups excluding tert-OH is 1. The second-order valence-electron chi connectivity index (χ2n) is 11.0. The van der Waals surface area contributed by atoms with Gasteiger partial charge >= 0.3 is 0 Å². The highest BCUT2D eigenvalue weighted by Gasteiger charge is 2.28. The van der Waals surface area contributed by atoms with Crippen molar-refractivity contribution in [3.8, 4) is 5.95 Å². The molecule has 0 saturated carbocycles. The first-order valence-corrected chi connectivity index (χ1v) is 14.0. The van der Waals surface area contributed by atoms with Crippen LogP contribution in [0.1, 0.15) is 25.5 Å². The van der Waals surface area contributed by atoms with Gasteiger partial charge in [0, 0.05) is 52.4 Å². The number of anilines is 1. The average Bonchev–Trinajstić information content (AvgIpc) is 3.45. The van der Waals surface area contributed by atoms with Gasteiger partial charge in [-0.1, -0.05) is 26.0 Å². The van der Waals surface area contributed by atoms with E-state index in [2.05, 4.69) is 46.2 Å². The van der Waals surface area contributed by atoms with Crippen LogP contribution in [0.4, 0.5) is 5.82 Å². The molecule has 1 unspecified atom stereocenters. The van der Waals surface area contributed by atoms with Crippen LogP contribution >= 0.6 is 0 Å². The monoisotopic (exact) mass is 533 g/mol. The fourth-order valence-corrected chi connectivity index (χ4v) is 5.92. The molecule has 4 aromatic rings. The summed E-state index contributed by atoms with van der Waals surface area (Å²) in [6, 6.07) is 8.32. The third-order valence-corrected chi connectivity index (χ3v) is 8.22. The zero-order valence-electron chi connectivity index (χ0n) is 23.4. The minimum Gasteiger partial charge on any atom is -0.395 e. The predicted octanol–water partition coefficient (Wildman–Crippen LogP) is 1.98. The number of benzene rings is 1. The fourth-order valence-electron chi connectivity index (χ4n) is 5.92. The SMILES string of the molecule is Cc1nc2ccccc2n1-c1nc(N2CCOCC2)c2nc(CN3CCN(C(CO)C(C)C)CC3)n(C)c2n1. The second kappa shape index (κ2) is 10.8. The molecule has 3 aromatic heterocycles. The van der Waals surface area contributed by atoms with Gasteiger partial charge < -0.3 is 19.3 Å². The van der Waals surface area contributed by atoms with Crippen LogP contribution in [0.3, 0.4) is 0 Å². The van der Waals surface area contributed by atoms with Crippen LogP contribution in [-0.4, -0.2) is 109 Å². The summed E-state index contributed by atoms with van der Waals surface area (Å²) in [6.07, 6.45) is 0. The number of fused-ring (bicyclic) bond motifs is 2. The molecule has 0 radical (unpaired) electrons. The summed E-state index contributed by atoms with van der Waals surface area (Å²) in [6.45, 7) is 14.0. The third kappa shape index (κ3) is 4.88. The number of ether oxygens (including phenoxy) is 1.